The van der Waals surface area contributed by atoms with Crippen LogP contribution in [-0.4, -0.2) is 11.6 Å². The molecule has 21 heavy (non-hydrogen) atoms. The highest BCUT2D eigenvalue weighted by Crippen LogP contribution is 2.60. The van der Waals surface area contributed by atoms with E-state index in [1.165, 1.54) is 18.4 Å². The maximum atomic E-state index is 12.3. The first-order valence-corrected chi connectivity index (χ1v) is 8.78. The molecule has 0 spiro atoms. The Balaban J connectivity index is 1.65. The third-order valence-electron chi connectivity index (χ3n) is 7.38. The van der Waals surface area contributed by atoms with Gasteiger partial charge < -0.3 is 0 Å². The number of ketones is 2. The number of hydrogen-bond donors (Lipinski definition) is 0. The predicted molar refractivity (Wildman–Crippen MR) is 81.6 cm³/mol. The van der Waals surface area contributed by atoms with E-state index in [0.29, 0.717) is 23.4 Å². The molecule has 0 aromatic rings. The summed E-state index contributed by atoms with van der Waals surface area (Å²) < 4.78 is 0. The highest BCUT2D eigenvalue weighted by atomic mass is 16.1. The minimum absolute atomic E-state index is 0.0154. The number of fused-ring (bicyclic) bond motifs is 5. The molecule has 6 atom stereocenters. The van der Waals surface area contributed by atoms with Crippen LogP contribution in [0.25, 0.3) is 0 Å². The van der Waals surface area contributed by atoms with E-state index in [1.807, 2.05) is 6.08 Å². The molecule has 4 aliphatic rings. The molecule has 0 heterocycles. The molecule has 3 saturated carbocycles. The summed E-state index contributed by atoms with van der Waals surface area (Å²) in [4.78, 5) is 24.3. The van der Waals surface area contributed by atoms with Gasteiger partial charge in [0.25, 0.3) is 0 Å². The van der Waals surface area contributed by atoms with Crippen molar-refractivity contribution in [2.75, 3.05) is 0 Å². The Labute approximate surface area is 127 Å². The second-order valence-electron chi connectivity index (χ2n) is 8.26. The lowest BCUT2D eigenvalue weighted by atomic mass is 9.52. The van der Waals surface area contributed by atoms with E-state index >= 15 is 0 Å². The molecule has 0 N–H and O–H groups in total. The monoisotopic (exact) mass is 286 g/mol. The number of carbonyl (C=O) groups excluding carboxylic acids is 2. The summed E-state index contributed by atoms with van der Waals surface area (Å²) in [5, 5.41) is 0. The third kappa shape index (κ3) is 1.83. The molecular weight excluding hydrogens is 260 g/mol. The maximum absolute atomic E-state index is 12.3. The van der Waals surface area contributed by atoms with Gasteiger partial charge in [-0.05, 0) is 68.3 Å². The molecule has 1 unspecified atom stereocenters. The molecule has 0 aromatic carbocycles. The molecule has 0 aliphatic heterocycles. The van der Waals surface area contributed by atoms with Crippen molar-refractivity contribution in [1.82, 2.24) is 0 Å². The van der Waals surface area contributed by atoms with Gasteiger partial charge in [0.05, 0.1) is 0 Å². The first-order valence-electron chi connectivity index (χ1n) is 8.78. The SMILES string of the molecule is CC1C[C@H]2C(=CC1=O)CC[C@@H]1[C@@H]2CC[C@]2(C)C(=O)CC[C@@H]12. The van der Waals surface area contributed by atoms with Crippen molar-refractivity contribution in [3.05, 3.63) is 11.6 Å². The molecule has 0 saturated heterocycles. The Morgan fingerprint density at radius 2 is 1.90 bits per heavy atom. The number of rotatable bonds is 0. The van der Waals surface area contributed by atoms with E-state index in [1.54, 1.807) is 0 Å². The molecule has 114 valence electrons. The van der Waals surface area contributed by atoms with Gasteiger partial charge in [-0.2, -0.15) is 0 Å². The highest BCUT2D eigenvalue weighted by Gasteiger charge is 2.56. The predicted octanol–water partition coefficient (Wildman–Crippen LogP) is 3.94. The van der Waals surface area contributed by atoms with Crippen molar-refractivity contribution in [3.8, 4) is 0 Å². The Kier molecular flexibility index (Phi) is 2.96. The molecular formula is C19H26O2. The summed E-state index contributed by atoms with van der Waals surface area (Å²) >= 11 is 0. The fraction of sp³-hybridized carbons (Fsp3) is 0.789. The Bertz CT molecular complexity index is 532. The quantitative estimate of drug-likeness (QED) is 0.676. The van der Waals surface area contributed by atoms with Crippen LogP contribution in [0.5, 0.6) is 0 Å². The number of hydrogen-bond acceptors (Lipinski definition) is 2. The topological polar surface area (TPSA) is 34.1 Å². The van der Waals surface area contributed by atoms with Crippen molar-refractivity contribution in [2.45, 2.75) is 58.8 Å². The lowest BCUT2D eigenvalue weighted by Gasteiger charge is -2.52. The summed E-state index contributed by atoms with van der Waals surface area (Å²) in [5.41, 5.74) is 1.42. The zero-order valence-corrected chi connectivity index (χ0v) is 13.2. The van der Waals surface area contributed by atoms with Crippen molar-refractivity contribution >= 4 is 11.6 Å². The van der Waals surface area contributed by atoms with Gasteiger partial charge in [-0.1, -0.05) is 19.4 Å². The van der Waals surface area contributed by atoms with Gasteiger partial charge in [0.15, 0.2) is 5.78 Å². The molecule has 0 amide bonds. The first-order chi connectivity index (χ1) is 10.0. The first kappa shape index (κ1) is 13.7. The summed E-state index contributed by atoms with van der Waals surface area (Å²) in [6, 6.07) is 0. The minimum atomic E-state index is -0.0154. The van der Waals surface area contributed by atoms with E-state index in [-0.39, 0.29) is 11.3 Å². The van der Waals surface area contributed by atoms with Crippen LogP contribution in [0.2, 0.25) is 0 Å². The van der Waals surface area contributed by atoms with Crippen molar-refractivity contribution in [2.24, 2.45) is 35.0 Å². The standard InChI is InChI=1S/C19H26O2/c1-11-9-15-12(10-17(11)20)3-4-14-13(15)7-8-19(2)16(14)5-6-18(19)21/h10-11,13-16H,3-9H2,1-2H3/t11?,13-,14+,15-,16-,19-/m0/s1. The summed E-state index contributed by atoms with van der Waals surface area (Å²) in [5.74, 6) is 3.81. The van der Waals surface area contributed by atoms with Crippen LogP contribution in [0.15, 0.2) is 11.6 Å². The van der Waals surface area contributed by atoms with Gasteiger partial charge in [0, 0.05) is 17.8 Å². The number of allylic oxidation sites excluding steroid dienone is 1. The Morgan fingerprint density at radius 1 is 1.10 bits per heavy atom. The normalized spacial score (nSPS) is 49.2. The highest BCUT2D eigenvalue weighted by molar-refractivity contribution is 5.93. The van der Waals surface area contributed by atoms with Crippen molar-refractivity contribution in [3.63, 3.8) is 0 Å². The average molecular weight is 286 g/mol. The fourth-order valence-corrected chi connectivity index (χ4v) is 6.12. The van der Waals surface area contributed by atoms with Gasteiger partial charge in [-0.3, -0.25) is 9.59 Å². The molecule has 2 nitrogen and oxygen atoms in total. The summed E-state index contributed by atoms with van der Waals surface area (Å²) in [6.45, 7) is 4.33. The van der Waals surface area contributed by atoms with Crippen LogP contribution < -0.4 is 0 Å². The van der Waals surface area contributed by atoms with Crippen LogP contribution in [0, 0.1) is 35.0 Å². The smallest absolute Gasteiger partial charge is 0.158 e. The minimum Gasteiger partial charge on any atom is -0.299 e. The van der Waals surface area contributed by atoms with E-state index < -0.39 is 0 Å². The molecule has 4 aliphatic carbocycles. The molecule has 2 heteroatoms. The fourth-order valence-electron chi connectivity index (χ4n) is 6.12. The average Bonchev–Trinajstić information content (AvgIpc) is 2.76. The molecule has 4 rings (SSSR count). The van der Waals surface area contributed by atoms with Crippen molar-refractivity contribution in [1.29, 1.82) is 0 Å². The van der Waals surface area contributed by atoms with Crippen LogP contribution in [-0.2, 0) is 9.59 Å². The van der Waals surface area contributed by atoms with Crippen LogP contribution in [0.4, 0.5) is 0 Å². The Morgan fingerprint density at radius 3 is 2.71 bits per heavy atom. The lowest BCUT2D eigenvalue weighted by Crippen LogP contribution is -2.47. The van der Waals surface area contributed by atoms with Crippen LogP contribution in [0.1, 0.15) is 58.8 Å². The largest absolute Gasteiger partial charge is 0.299 e. The maximum Gasteiger partial charge on any atom is 0.158 e. The molecule has 0 aromatic heterocycles. The zero-order chi connectivity index (χ0) is 14.8. The van der Waals surface area contributed by atoms with Gasteiger partial charge in [0.2, 0.25) is 0 Å². The summed E-state index contributed by atoms with van der Waals surface area (Å²) in [6.07, 6.45) is 9.57. The van der Waals surface area contributed by atoms with Crippen molar-refractivity contribution < 1.29 is 9.59 Å². The number of Topliss-reactive ketones (excluding diaryl/α,β-unsaturated/α-hetero) is 1. The zero-order valence-electron chi connectivity index (χ0n) is 13.2. The second-order valence-corrected chi connectivity index (χ2v) is 8.26. The second kappa shape index (κ2) is 4.54. The lowest BCUT2D eigenvalue weighted by molar-refractivity contribution is -0.131. The molecule has 3 fully saturated rings. The van der Waals surface area contributed by atoms with Gasteiger partial charge in [-0.25, -0.2) is 0 Å². The third-order valence-corrected chi connectivity index (χ3v) is 7.38. The van der Waals surface area contributed by atoms with Crippen LogP contribution in [0.3, 0.4) is 0 Å². The number of carbonyl (C=O) groups is 2. The Hall–Kier alpha value is -0.920. The molecule has 0 radical (unpaired) electrons. The van der Waals surface area contributed by atoms with E-state index in [2.05, 4.69) is 13.8 Å². The van der Waals surface area contributed by atoms with Gasteiger partial charge >= 0.3 is 0 Å². The summed E-state index contributed by atoms with van der Waals surface area (Å²) in [7, 11) is 0. The van der Waals surface area contributed by atoms with E-state index in [9.17, 15) is 9.59 Å². The van der Waals surface area contributed by atoms with Gasteiger partial charge in [0.1, 0.15) is 5.78 Å². The van der Waals surface area contributed by atoms with E-state index in [4.69, 9.17) is 0 Å². The molecule has 0 bridgehead atoms. The van der Waals surface area contributed by atoms with Crippen LogP contribution >= 0.6 is 0 Å². The van der Waals surface area contributed by atoms with Gasteiger partial charge in [-0.15, -0.1) is 0 Å². The van der Waals surface area contributed by atoms with E-state index in [0.717, 1.165) is 43.9 Å².